The van der Waals surface area contributed by atoms with E-state index < -0.39 is 11.6 Å². The molecule has 4 N–H and O–H groups in total. The van der Waals surface area contributed by atoms with Crippen LogP contribution in [0.5, 0.6) is 5.75 Å². The molecule has 6 nitrogen and oxygen atoms in total. The van der Waals surface area contributed by atoms with E-state index in [9.17, 15) is 9.90 Å². The quantitative estimate of drug-likeness (QED) is 0.529. The Balaban J connectivity index is 2.20. The van der Waals surface area contributed by atoms with Gasteiger partial charge in [0, 0.05) is 31.4 Å². The van der Waals surface area contributed by atoms with Crippen LogP contribution in [0.25, 0.3) is 0 Å². The van der Waals surface area contributed by atoms with Gasteiger partial charge in [0.15, 0.2) is 0 Å². The highest BCUT2D eigenvalue weighted by Crippen LogP contribution is 2.30. The number of phenols is 1. The highest BCUT2D eigenvalue weighted by atomic mass is 16.4. The molecule has 1 saturated heterocycles. The van der Waals surface area contributed by atoms with Crippen molar-refractivity contribution in [1.29, 1.82) is 0 Å². The standard InChI is InChI=1S/C13H19N3O3/c1-13(2)8-15(5-6-16(13)12(18)19)9-3-4-10(14)11(17)7-9/h3-4,7,17H,5-6,8,14H2,1-2H3,(H,18,19). The van der Waals surface area contributed by atoms with Crippen LogP contribution < -0.4 is 10.6 Å². The topological polar surface area (TPSA) is 90.0 Å². The number of hydrogen-bond acceptors (Lipinski definition) is 4. The van der Waals surface area contributed by atoms with Crippen molar-refractivity contribution >= 4 is 17.5 Å². The first kappa shape index (κ1) is 13.3. The molecule has 1 aromatic carbocycles. The van der Waals surface area contributed by atoms with Gasteiger partial charge in [-0.3, -0.25) is 4.90 Å². The summed E-state index contributed by atoms with van der Waals surface area (Å²) in [4.78, 5) is 14.7. The predicted octanol–water partition coefficient (Wildman–Crippen LogP) is 1.55. The van der Waals surface area contributed by atoms with Gasteiger partial charge in [0.25, 0.3) is 0 Å². The molecule has 0 radical (unpaired) electrons. The number of benzene rings is 1. The molecule has 0 bridgehead atoms. The fourth-order valence-electron chi connectivity index (χ4n) is 2.46. The molecule has 2 rings (SSSR count). The molecule has 1 aromatic rings. The van der Waals surface area contributed by atoms with Crippen molar-refractivity contribution in [2.24, 2.45) is 0 Å². The lowest BCUT2D eigenvalue weighted by molar-refractivity contribution is 0.0845. The van der Waals surface area contributed by atoms with Crippen LogP contribution in [-0.4, -0.2) is 46.4 Å². The lowest BCUT2D eigenvalue weighted by Crippen LogP contribution is -2.60. The molecule has 0 spiro atoms. The van der Waals surface area contributed by atoms with Crippen LogP contribution in [0.1, 0.15) is 13.8 Å². The Morgan fingerprint density at radius 1 is 1.37 bits per heavy atom. The summed E-state index contributed by atoms with van der Waals surface area (Å²) in [6, 6.07) is 5.10. The van der Waals surface area contributed by atoms with E-state index in [1.807, 2.05) is 19.9 Å². The third kappa shape index (κ3) is 2.52. The Labute approximate surface area is 112 Å². The van der Waals surface area contributed by atoms with Crippen molar-refractivity contribution in [3.05, 3.63) is 18.2 Å². The second kappa shape index (κ2) is 4.53. The second-order valence-corrected chi connectivity index (χ2v) is 5.41. The maximum atomic E-state index is 11.2. The average molecular weight is 265 g/mol. The molecule has 0 saturated carbocycles. The molecule has 19 heavy (non-hydrogen) atoms. The van der Waals surface area contributed by atoms with Crippen molar-refractivity contribution in [1.82, 2.24) is 4.90 Å². The molecule has 0 aromatic heterocycles. The number of anilines is 2. The van der Waals surface area contributed by atoms with Gasteiger partial charge < -0.3 is 20.8 Å². The zero-order valence-corrected chi connectivity index (χ0v) is 11.1. The maximum Gasteiger partial charge on any atom is 0.407 e. The van der Waals surface area contributed by atoms with Crippen molar-refractivity contribution in [3.8, 4) is 5.75 Å². The van der Waals surface area contributed by atoms with Gasteiger partial charge in [-0.05, 0) is 26.0 Å². The van der Waals surface area contributed by atoms with Crippen LogP contribution in [-0.2, 0) is 0 Å². The van der Waals surface area contributed by atoms with E-state index in [0.717, 1.165) is 5.69 Å². The van der Waals surface area contributed by atoms with Gasteiger partial charge in [-0.25, -0.2) is 4.79 Å². The summed E-state index contributed by atoms with van der Waals surface area (Å²) in [5.41, 5.74) is 6.30. The summed E-state index contributed by atoms with van der Waals surface area (Å²) in [6.45, 7) is 5.39. The number of carbonyl (C=O) groups is 1. The maximum absolute atomic E-state index is 11.2. The Bertz CT molecular complexity index is 502. The number of aromatic hydroxyl groups is 1. The molecule has 1 aliphatic rings. The third-order valence-corrected chi connectivity index (χ3v) is 3.51. The van der Waals surface area contributed by atoms with E-state index in [4.69, 9.17) is 10.8 Å². The molecule has 1 fully saturated rings. The van der Waals surface area contributed by atoms with Crippen LogP contribution in [0.4, 0.5) is 16.2 Å². The minimum Gasteiger partial charge on any atom is -0.506 e. The number of phenolic OH excluding ortho intramolecular Hbond substituents is 1. The number of carboxylic acid groups (broad SMARTS) is 1. The summed E-state index contributed by atoms with van der Waals surface area (Å²) < 4.78 is 0. The first-order chi connectivity index (χ1) is 8.81. The van der Waals surface area contributed by atoms with Gasteiger partial charge in [0.1, 0.15) is 5.75 Å². The Morgan fingerprint density at radius 3 is 2.58 bits per heavy atom. The Morgan fingerprint density at radius 2 is 2.05 bits per heavy atom. The molecule has 1 aliphatic heterocycles. The zero-order chi connectivity index (χ0) is 14.2. The smallest absolute Gasteiger partial charge is 0.407 e. The highest BCUT2D eigenvalue weighted by Gasteiger charge is 2.36. The average Bonchev–Trinajstić information content (AvgIpc) is 2.30. The Hall–Kier alpha value is -2.11. The number of hydrogen-bond donors (Lipinski definition) is 3. The van der Waals surface area contributed by atoms with E-state index in [1.54, 1.807) is 12.1 Å². The molecule has 1 heterocycles. The molecule has 0 unspecified atom stereocenters. The normalized spacial score (nSPS) is 18.4. The SMILES string of the molecule is CC1(C)CN(c2ccc(N)c(O)c2)CCN1C(=O)O. The monoisotopic (exact) mass is 265 g/mol. The number of nitrogens with two attached hydrogens (primary N) is 1. The zero-order valence-electron chi connectivity index (χ0n) is 11.1. The minimum absolute atomic E-state index is 0.0518. The van der Waals surface area contributed by atoms with E-state index in [0.29, 0.717) is 25.3 Å². The van der Waals surface area contributed by atoms with E-state index in [1.165, 1.54) is 4.90 Å². The molecule has 0 atom stereocenters. The van der Waals surface area contributed by atoms with E-state index >= 15 is 0 Å². The third-order valence-electron chi connectivity index (χ3n) is 3.51. The van der Waals surface area contributed by atoms with Crippen LogP contribution in [0, 0.1) is 0 Å². The van der Waals surface area contributed by atoms with E-state index in [-0.39, 0.29) is 5.75 Å². The second-order valence-electron chi connectivity index (χ2n) is 5.41. The fraction of sp³-hybridized carbons (Fsp3) is 0.462. The largest absolute Gasteiger partial charge is 0.506 e. The highest BCUT2D eigenvalue weighted by molar-refractivity contribution is 5.67. The van der Waals surface area contributed by atoms with Crippen molar-refractivity contribution in [2.45, 2.75) is 19.4 Å². The number of nitrogens with zero attached hydrogens (tertiary/aromatic N) is 2. The van der Waals surface area contributed by atoms with Crippen LogP contribution in [0.15, 0.2) is 18.2 Å². The fourth-order valence-corrected chi connectivity index (χ4v) is 2.46. The van der Waals surface area contributed by atoms with Crippen LogP contribution >= 0.6 is 0 Å². The van der Waals surface area contributed by atoms with Gasteiger partial charge in [0.05, 0.1) is 11.2 Å². The summed E-state index contributed by atoms with van der Waals surface area (Å²) >= 11 is 0. The molecule has 1 amide bonds. The molecular formula is C13H19N3O3. The number of amides is 1. The first-order valence-electron chi connectivity index (χ1n) is 6.15. The van der Waals surface area contributed by atoms with Crippen molar-refractivity contribution < 1.29 is 15.0 Å². The summed E-state index contributed by atoms with van der Waals surface area (Å²) in [7, 11) is 0. The van der Waals surface area contributed by atoms with Gasteiger partial charge in [0.2, 0.25) is 0 Å². The van der Waals surface area contributed by atoms with Gasteiger partial charge in [-0.1, -0.05) is 0 Å². The number of rotatable bonds is 1. The lowest BCUT2D eigenvalue weighted by Gasteiger charge is -2.46. The van der Waals surface area contributed by atoms with Crippen LogP contribution in [0.2, 0.25) is 0 Å². The molecule has 104 valence electrons. The minimum atomic E-state index is -0.898. The first-order valence-corrected chi connectivity index (χ1v) is 6.15. The Kier molecular flexibility index (Phi) is 3.18. The van der Waals surface area contributed by atoms with Gasteiger partial charge >= 0.3 is 6.09 Å². The van der Waals surface area contributed by atoms with Crippen molar-refractivity contribution in [2.75, 3.05) is 30.3 Å². The number of nitrogen functional groups attached to an aromatic ring is 1. The van der Waals surface area contributed by atoms with Gasteiger partial charge in [-0.15, -0.1) is 0 Å². The molecular weight excluding hydrogens is 246 g/mol. The molecule has 0 aliphatic carbocycles. The van der Waals surface area contributed by atoms with Crippen LogP contribution in [0.3, 0.4) is 0 Å². The summed E-state index contributed by atoms with van der Waals surface area (Å²) in [5, 5.41) is 18.8. The van der Waals surface area contributed by atoms with Gasteiger partial charge in [-0.2, -0.15) is 0 Å². The summed E-state index contributed by atoms with van der Waals surface area (Å²) in [6.07, 6.45) is -0.898. The van der Waals surface area contributed by atoms with Crippen molar-refractivity contribution in [3.63, 3.8) is 0 Å². The number of piperazine rings is 1. The van der Waals surface area contributed by atoms with E-state index in [2.05, 4.69) is 4.90 Å². The molecule has 6 heteroatoms. The summed E-state index contributed by atoms with van der Waals surface area (Å²) in [5.74, 6) is 0.0518. The lowest BCUT2D eigenvalue weighted by atomic mass is 9.99. The predicted molar refractivity (Wildman–Crippen MR) is 73.5 cm³/mol.